The van der Waals surface area contributed by atoms with E-state index in [9.17, 15) is 9.59 Å². The first kappa shape index (κ1) is 28.8. The Bertz CT molecular complexity index is 1640. The van der Waals surface area contributed by atoms with Crippen LogP contribution in [0, 0.1) is 10.8 Å². The van der Waals surface area contributed by atoms with Crippen LogP contribution in [0.25, 0.3) is 10.9 Å². The van der Waals surface area contributed by atoms with Gasteiger partial charge in [0.25, 0.3) is 0 Å². The van der Waals surface area contributed by atoms with Crippen LogP contribution < -0.4 is 0 Å². The molecule has 0 bridgehead atoms. The molecular formula is C38H43BrN2O2. The lowest BCUT2D eigenvalue weighted by molar-refractivity contribution is -0.119. The predicted octanol–water partition coefficient (Wildman–Crippen LogP) is 9.47. The van der Waals surface area contributed by atoms with Crippen molar-refractivity contribution in [3.05, 3.63) is 92.9 Å². The Morgan fingerprint density at radius 3 is 1.98 bits per heavy atom. The summed E-state index contributed by atoms with van der Waals surface area (Å²) in [7, 11) is 0. The summed E-state index contributed by atoms with van der Waals surface area (Å²) < 4.78 is 3.40. The van der Waals surface area contributed by atoms with E-state index in [1.807, 2.05) is 6.07 Å². The fraction of sp³-hybridized carbons (Fsp3) is 0.474. The molecule has 1 fully saturated rings. The molecule has 2 heterocycles. The average Bonchev–Trinajstić information content (AvgIpc) is 3.30. The van der Waals surface area contributed by atoms with Gasteiger partial charge in [-0.15, -0.1) is 0 Å². The third-order valence-electron chi connectivity index (χ3n) is 10.3. The van der Waals surface area contributed by atoms with E-state index in [4.69, 9.17) is 0 Å². The molecule has 1 aliphatic heterocycles. The van der Waals surface area contributed by atoms with Gasteiger partial charge in [0.15, 0.2) is 11.6 Å². The molecule has 0 radical (unpaired) electrons. The zero-order valence-electron chi connectivity index (χ0n) is 26.0. The molecule has 5 heteroatoms. The van der Waals surface area contributed by atoms with E-state index < -0.39 is 0 Å². The number of halogens is 1. The highest BCUT2D eigenvalue weighted by molar-refractivity contribution is 9.10. The van der Waals surface area contributed by atoms with Crippen molar-refractivity contribution in [2.24, 2.45) is 10.8 Å². The predicted molar refractivity (Wildman–Crippen MR) is 177 cm³/mol. The Kier molecular flexibility index (Phi) is 7.11. The number of hydrogen-bond donors (Lipinski definition) is 0. The highest BCUT2D eigenvalue weighted by atomic mass is 79.9. The molecule has 0 atom stereocenters. The third-order valence-corrected chi connectivity index (χ3v) is 11.1. The SMILES string of the molecule is CC1(C)CC(=O)C2=C(C1)N(C1CCCCC1)C1=C(C(=O)CC(C)(C)C1)C2c1cn(Cc2ccccc2Br)c2ccccc12. The van der Waals surface area contributed by atoms with Gasteiger partial charge >= 0.3 is 0 Å². The molecule has 1 aromatic heterocycles. The summed E-state index contributed by atoms with van der Waals surface area (Å²) in [5, 5.41) is 1.14. The van der Waals surface area contributed by atoms with Gasteiger partial charge in [0.05, 0.1) is 0 Å². The molecule has 43 heavy (non-hydrogen) atoms. The number of Topliss-reactive ketones (excluding diaryl/α,β-unsaturated/α-hetero) is 2. The van der Waals surface area contributed by atoms with E-state index in [1.165, 1.54) is 36.2 Å². The number of aromatic nitrogens is 1. The Balaban J connectivity index is 1.48. The number of nitrogens with zero attached hydrogens (tertiary/aromatic N) is 2. The molecule has 0 saturated heterocycles. The normalized spacial score (nSPS) is 22.8. The first-order valence-corrected chi connectivity index (χ1v) is 17.0. The first-order chi connectivity index (χ1) is 20.5. The van der Waals surface area contributed by atoms with Crippen LogP contribution in [0.3, 0.4) is 0 Å². The maximum Gasteiger partial charge on any atom is 0.162 e. The summed E-state index contributed by atoms with van der Waals surface area (Å²) in [4.78, 5) is 31.4. The molecular weight excluding hydrogens is 596 g/mol. The number of carbonyl (C=O) groups excluding carboxylic acids is 2. The minimum atomic E-state index is -0.317. The van der Waals surface area contributed by atoms with Gasteiger partial charge in [0, 0.05) is 75.5 Å². The lowest BCUT2D eigenvalue weighted by Gasteiger charge is -2.52. The second-order valence-electron chi connectivity index (χ2n) is 15.0. The summed E-state index contributed by atoms with van der Waals surface area (Å²) in [6.45, 7) is 9.68. The molecule has 0 amide bonds. The largest absolute Gasteiger partial charge is 0.345 e. The molecule has 3 aromatic rings. The van der Waals surface area contributed by atoms with Crippen molar-refractivity contribution in [2.75, 3.05) is 0 Å². The van der Waals surface area contributed by atoms with Crippen LogP contribution in [-0.4, -0.2) is 27.1 Å². The number of rotatable bonds is 4. The molecule has 0 N–H and O–H groups in total. The van der Waals surface area contributed by atoms with Gasteiger partial charge in [-0.05, 0) is 59.8 Å². The minimum Gasteiger partial charge on any atom is -0.345 e. The lowest BCUT2D eigenvalue weighted by atomic mass is 9.63. The number of allylic oxidation sites excluding steroid dienone is 4. The number of para-hydroxylation sites is 1. The van der Waals surface area contributed by atoms with Gasteiger partial charge < -0.3 is 9.47 Å². The van der Waals surface area contributed by atoms with E-state index >= 15 is 0 Å². The van der Waals surface area contributed by atoms with Gasteiger partial charge in [0.1, 0.15) is 0 Å². The molecule has 224 valence electrons. The number of fused-ring (bicyclic) bond motifs is 1. The molecule has 1 saturated carbocycles. The van der Waals surface area contributed by atoms with Crippen LogP contribution in [0.1, 0.15) is 103 Å². The molecule has 3 aliphatic carbocycles. The fourth-order valence-corrected chi connectivity index (χ4v) is 8.94. The van der Waals surface area contributed by atoms with E-state index in [0.717, 1.165) is 57.8 Å². The van der Waals surface area contributed by atoms with Gasteiger partial charge in [0.2, 0.25) is 0 Å². The van der Waals surface area contributed by atoms with Crippen LogP contribution in [0.2, 0.25) is 0 Å². The van der Waals surface area contributed by atoms with E-state index in [-0.39, 0.29) is 28.3 Å². The molecule has 7 rings (SSSR count). The zero-order valence-corrected chi connectivity index (χ0v) is 27.6. The van der Waals surface area contributed by atoms with Crippen molar-refractivity contribution in [3.8, 4) is 0 Å². The molecule has 0 spiro atoms. The van der Waals surface area contributed by atoms with Crippen LogP contribution >= 0.6 is 15.9 Å². The smallest absolute Gasteiger partial charge is 0.162 e. The van der Waals surface area contributed by atoms with E-state index in [0.29, 0.717) is 25.4 Å². The highest BCUT2D eigenvalue weighted by Crippen LogP contribution is 2.56. The number of ketones is 2. The van der Waals surface area contributed by atoms with Gasteiger partial charge in [-0.2, -0.15) is 0 Å². The van der Waals surface area contributed by atoms with E-state index in [1.54, 1.807) is 0 Å². The van der Waals surface area contributed by atoms with Crippen molar-refractivity contribution in [2.45, 2.75) is 104 Å². The summed E-state index contributed by atoms with van der Waals surface area (Å²) in [6, 6.07) is 17.3. The summed E-state index contributed by atoms with van der Waals surface area (Å²) in [6.07, 6.45) is 11.0. The van der Waals surface area contributed by atoms with Crippen LogP contribution in [-0.2, 0) is 16.1 Å². The maximum absolute atomic E-state index is 14.4. The first-order valence-electron chi connectivity index (χ1n) is 16.2. The third kappa shape index (κ3) is 5.06. The summed E-state index contributed by atoms with van der Waals surface area (Å²) in [5.74, 6) is 0.134. The summed E-state index contributed by atoms with van der Waals surface area (Å²) in [5.41, 5.74) is 7.47. The lowest BCUT2D eigenvalue weighted by Crippen LogP contribution is -2.48. The molecule has 4 nitrogen and oxygen atoms in total. The van der Waals surface area contributed by atoms with Gasteiger partial charge in [-0.3, -0.25) is 9.59 Å². The summed E-state index contributed by atoms with van der Waals surface area (Å²) >= 11 is 3.75. The zero-order chi connectivity index (χ0) is 30.1. The van der Waals surface area contributed by atoms with Crippen molar-refractivity contribution >= 4 is 38.4 Å². The number of hydrogen-bond acceptors (Lipinski definition) is 3. The Labute approximate surface area is 264 Å². The van der Waals surface area contributed by atoms with Crippen LogP contribution in [0.15, 0.2) is 81.7 Å². The second kappa shape index (κ2) is 10.6. The van der Waals surface area contributed by atoms with Crippen LogP contribution in [0.5, 0.6) is 0 Å². The fourth-order valence-electron chi connectivity index (χ4n) is 8.53. The quantitative estimate of drug-likeness (QED) is 0.286. The second-order valence-corrected chi connectivity index (χ2v) is 15.9. The number of benzene rings is 2. The Morgan fingerprint density at radius 1 is 0.767 bits per heavy atom. The van der Waals surface area contributed by atoms with Gasteiger partial charge in [-0.25, -0.2) is 0 Å². The van der Waals surface area contributed by atoms with E-state index in [2.05, 4.69) is 102 Å². The van der Waals surface area contributed by atoms with Crippen molar-refractivity contribution in [1.82, 2.24) is 9.47 Å². The highest BCUT2D eigenvalue weighted by Gasteiger charge is 2.50. The molecule has 0 unspecified atom stereocenters. The minimum absolute atomic E-state index is 0.104. The van der Waals surface area contributed by atoms with Crippen molar-refractivity contribution < 1.29 is 9.59 Å². The van der Waals surface area contributed by atoms with Crippen LogP contribution in [0.4, 0.5) is 0 Å². The van der Waals surface area contributed by atoms with Crippen molar-refractivity contribution in [3.63, 3.8) is 0 Å². The maximum atomic E-state index is 14.4. The van der Waals surface area contributed by atoms with Crippen molar-refractivity contribution in [1.29, 1.82) is 0 Å². The molecule has 4 aliphatic rings. The number of carbonyl (C=O) groups is 2. The Morgan fingerprint density at radius 2 is 1.35 bits per heavy atom. The monoisotopic (exact) mass is 638 g/mol. The average molecular weight is 640 g/mol. The topological polar surface area (TPSA) is 42.3 Å². The Hall–Kier alpha value is -2.92. The van der Waals surface area contributed by atoms with Gasteiger partial charge in [-0.1, -0.05) is 99.3 Å². The molecule has 2 aromatic carbocycles. The standard InChI is InChI=1S/C38H43BrN2O2/c1-37(2)18-30-35(32(42)20-37)34(36-31(19-38(3,4)21-33(36)43)41(30)25-13-6-5-7-14-25)27-23-40(29-17-11-9-15-26(27)29)22-24-12-8-10-16-28(24)39/h8-12,15-17,23,25,34H,5-7,13-14,18-22H2,1-4H3.